The SMILES string of the molecule is NCCC1NC(=O)CNC(=O)CNC(=O)C(CCN)NC(=O)C(NC(=O)[C@H](N)CN)CCNC(=O)CNC(=O)C(CCN)NC1=O. The smallest absolute Gasteiger partial charge is 0.243 e. The molecule has 4 unspecified atom stereocenters. The van der Waals surface area contributed by atoms with Gasteiger partial charge in [0.15, 0.2) is 0 Å². The monoisotopic (exact) mass is 657 g/mol. The predicted octanol–water partition coefficient (Wildman–Crippen LogP) is -8.87. The van der Waals surface area contributed by atoms with Crippen LogP contribution in [0.5, 0.6) is 0 Å². The first-order chi connectivity index (χ1) is 21.9. The van der Waals surface area contributed by atoms with Crippen LogP contribution in [0.1, 0.15) is 25.7 Å². The molecule has 0 spiro atoms. The number of carbonyl (C=O) groups excluding carboxylic acids is 8. The summed E-state index contributed by atoms with van der Waals surface area (Å²) >= 11 is 0. The molecule has 0 radical (unpaired) electrons. The van der Waals surface area contributed by atoms with E-state index in [1.54, 1.807) is 0 Å². The van der Waals surface area contributed by atoms with E-state index in [9.17, 15) is 38.4 Å². The van der Waals surface area contributed by atoms with Crippen LogP contribution in [0.15, 0.2) is 0 Å². The summed E-state index contributed by atoms with van der Waals surface area (Å²) < 4.78 is 0. The number of amides is 8. The van der Waals surface area contributed by atoms with Crippen molar-refractivity contribution < 1.29 is 38.4 Å². The molecular weight excluding hydrogens is 610 g/mol. The van der Waals surface area contributed by atoms with Crippen LogP contribution in [0.25, 0.3) is 0 Å². The van der Waals surface area contributed by atoms with Crippen molar-refractivity contribution in [1.29, 1.82) is 0 Å². The van der Waals surface area contributed by atoms with E-state index >= 15 is 0 Å². The van der Waals surface area contributed by atoms with Gasteiger partial charge in [0.25, 0.3) is 0 Å². The van der Waals surface area contributed by atoms with Gasteiger partial charge in [0.2, 0.25) is 47.3 Å². The highest BCUT2D eigenvalue weighted by Crippen LogP contribution is 2.00. The minimum absolute atomic E-state index is 0.00314. The number of rotatable bonds is 9. The van der Waals surface area contributed by atoms with Crippen molar-refractivity contribution in [2.45, 2.75) is 55.9 Å². The quantitative estimate of drug-likeness (QED) is 0.110. The number of hydrogen-bond donors (Lipinski definition) is 13. The average Bonchev–Trinajstić information content (AvgIpc) is 3.02. The van der Waals surface area contributed by atoms with E-state index in [1.807, 2.05) is 0 Å². The van der Waals surface area contributed by atoms with E-state index < -0.39 is 97.1 Å². The highest BCUT2D eigenvalue weighted by molar-refractivity contribution is 5.96. The van der Waals surface area contributed by atoms with Crippen LogP contribution in [0.4, 0.5) is 0 Å². The maximum Gasteiger partial charge on any atom is 0.243 e. The van der Waals surface area contributed by atoms with Crippen LogP contribution in [0.2, 0.25) is 0 Å². The number of nitrogens with one attached hydrogen (secondary N) is 8. The molecule has 1 rings (SSSR count). The number of nitrogens with two attached hydrogens (primary N) is 5. The fourth-order valence-electron chi connectivity index (χ4n) is 3.99. The molecule has 1 fully saturated rings. The molecule has 8 amide bonds. The van der Waals surface area contributed by atoms with Crippen molar-refractivity contribution in [2.24, 2.45) is 28.7 Å². The minimum Gasteiger partial charge on any atom is -0.354 e. The normalized spacial score (nSPS) is 24.2. The highest BCUT2D eigenvalue weighted by Gasteiger charge is 2.29. The molecule has 1 aliphatic rings. The third-order valence-electron chi connectivity index (χ3n) is 6.56. The summed E-state index contributed by atoms with van der Waals surface area (Å²) in [7, 11) is 0. The largest absolute Gasteiger partial charge is 0.354 e. The molecular formula is C25H47N13O8. The van der Waals surface area contributed by atoms with Crippen molar-refractivity contribution in [2.75, 3.05) is 52.4 Å². The van der Waals surface area contributed by atoms with Crippen LogP contribution < -0.4 is 71.2 Å². The van der Waals surface area contributed by atoms with Gasteiger partial charge in [-0.25, -0.2) is 0 Å². The Balaban J connectivity index is 3.23. The lowest BCUT2D eigenvalue weighted by atomic mass is 10.1. The summed E-state index contributed by atoms with van der Waals surface area (Å²) in [4.78, 5) is 101. The first-order valence-electron chi connectivity index (χ1n) is 14.7. The van der Waals surface area contributed by atoms with Crippen LogP contribution in [0, 0.1) is 0 Å². The van der Waals surface area contributed by atoms with Gasteiger partial charge in [-0.05, 0) is 45.3 Å². The third kappa shape index (κ3) is 14.6. The van der Waals surface area contributed by atoms with Crippen LogP contribution in [-0.2, 0) is 38.4 Å². The molecule has 46 heavy (non-hydrogen) atoms. The zero-order valence-corrected chi connectivity index (χ0v) is 25.5. The van der Waals surface area contributed by atoms with E-state index in [4.69, 9.17) is 28.7 Å². The van der Waals surface area contributed by atoms with Crippen LogP contribution in [-0.4, -0.2) is 130 Å². The molecule has 1 saturated heterocycles. The van der Waals surface area contributed by atoms with Gasteiger partial charge in [-0.2, -0.15) is 0 Å². The molecule has 0 aliphatic carbocycles. The Morgan fingerprint density at radius 3 is 1.59 bits per heavy atom. The third-order valence-corrected chi connectivity index (χ3v) is 6.56. The molecule has 0 bridgehead atoms. The van der Waals surface area contributed by atoms with E-state index in [2.05, 4.69) is 42.5 Å². The maximum atomic E-state index is 13.1. The van der Waals surface area contributed by atoms with Gasteiger partial charge in [-0.3, -0.25) is 38.4 Å². The minimum atomic E-state index is -1.29. The fraction of sp³-hybridized carbons (Fsp3) is 0.680. The summed E-state index contributed by atoms with van der Waals surface area (Å²) in [6, 6.07) is -5.99. The molecule has 0 aromatic rings. The predicted molar refractivity (Wildman–Crippen MR) is 162 cm³/mol. The Bertz CT molecular complexity index is 1090. The second-order valence-corrected chi connectivity index (χ2v) is 10.2. The van der Waals surface area contributed by atoms with Crippen molar-refractivity contribution in [3.8, 4) is 0 Å². The van der Waals surface area contributed by atoms with Crippen LogP contribution in [0.3, 0.4) is 0 Å². The molecule has 0 aromatic carbocycles. The van der Waals surface area contributed by atoms with Crippen molar-refractivity contribution in [3.63, 3.8) is 0 Å². The lowest BCUT2D eigenvalue weighted by Crippen LogP contribution is -2.58. The average molecular weight is 658 g/mol. The molecule has 21 heteroatoms. The van der Waals surface area contributed by atoms with E-state index in [0.29, 0.717) is 0 Å². The maximum absolute atomic E-state index is 13.1. The van der Waals surface area contributed by atoms with Gasteiger partial charge in [-0.1, -0.05) is 0 Å². The lowest BCUT2D eigenvalue weighted by Gasteiger charge is -2.24. The molecule has 1 aliphatic heterocycles. The lowest BCUT2D eigenvalue weighted by molar-refractivity contribution is -0.133. The van der Waals surface area contributed by atoms with Gasteiger partial charge in [-0.15, -0.1) is 0 Å². The van der Waals surface area contributed by atoms with E-state index in [1.165, 1.54) is 0 Å². The summed E-state index contributed by atoms with van der Waals surface area (Å²) in [5.74, 6) is -6.05. The molecule has 260 valence electrons. The van der Waals surface area contributed by atoms with Crippen molar-refractivity contribution >= 4 is 47.3 Å². The molecule has 18 N–H and O–H groups in total. The van der Waals surface area contributed by atoms with Gasteiger partial charge in [0.1, 0.15) is 24.2 Å². The second-order valence-electron chi connectivity index (χ2n) is 10.2. The molecule has 0 aromatic heterocycles. The van der Waals surface area contributed by atoms with Crippen molar-refractivity contribution in [1.82, 2.24) is 42.5 Å². The summed E-state index contributed by atoms with van der Waals surface area (Å²) in [6.45, 7) is -2.10. The molecule has 21 nitrogen and oxygen atoms in total. The number of hydrogen-bond acceptors (Lipinski definition) is 13. The zero-order valence-electron chi connectivity index (χ0n) is 25.5. The number of carbonyl (C=O) groups is 8. The Kier molecular flexibility index (Phi) is 18.3. The van der Waals surface area contributed by atoms with Crippen LogP contribution >= 0.6 is 0 Å². The van der Waals surface area contributed by atoms with E-state index in [0.717, 1.165) is 0 Å². The fourth-order valence-corrected chi connectivity index (χ4v) is 3.99. The van der Waals surface area contributed by atoms with Crippen molar-refractivity contribution in [3.05, 3.63) is 0 Å². The summed E-state index contributed by atoms with van der Waals surface area (Å²) in [5.41, 5.74) is 27.8. The van der Waals surface area contributed by atoms with Gasteiger partial charge >= 0.3 is 0 Å². The molecule has 1 heterocycles. The summed E-state index contributed by atoms with van der Waals surface area (Å²) in [6.07, 6.45) is -0.217. The standard InChI is InChI=1S/C25H47N13O8/c26-5-1-14-22(43)33-10-18(39)31-8-4-17(36-21(42)13(30)9-29)25(46)38-15(2-6-27)23(44)34-11-19(40)32-12-20(41)35-16(3-7-28)24(45)37-14/h13-17H,1-12,26-30H2,(H,31,39)(H,32,40)(H,33,43)(H,34,44)(H,35,41)(H,36,42)(H,37,45)(H,38,46)/t13-,14?,15?,16?,17?/m1/s1. The Morgan fingerprint density at radius 1 is 0.630 bits per heavy atom. The zero-order chi connectivity index (χ0) is 34.6. The Morgan fingerprint density at radius 2 is 1.09 bits per heavy atom. The Hall–Kier alpha value is -4.44. The molecule has 5 atom stereocenters. The summed E-state index contributed by atoms with van der Waals surface area (Å²) in [5, 5.41) is 19.2. The first kappa shape index (κ1) is 39.6. The first-order valence-corrected chi connectivity index (χ1v) is 14.7. The topological polar surface area (TPSA) is 363 Å². The highest BCUT2D eigenvalue weighted by atomic mass is 16.2. The molecule has 0 saturated carbocycles. The van der Waals surface area contributed by atoms with Gasteiger partial charge in [0, 0.05) is 13.1 Å². The van der Waals surface area contributed by atoms with Gasteiger partial charge in [0.05, 0.1) is 25.7 Å². The Labute approximate surface area is 265 Å². The second kappa shape index (κ2) is 21.3. The van der Waals surface area contributed by atoms with E-state index in [-0.39, 0.29) is 58.4 Å². The van der Waals surface area contributed by atoms with Gasteiger partial charge < -0.3 is 71.2 Å².